The van der Waals surface area contributed by atoms with Crippen LogP contribution in [0.3, 0.4) is 0 Å². The topological polar surface area (TPSA) is 165 Å². The number of nitrogens with one attached hydrogen (secondary N) is 1. The van der Waals surface area contributed by atoms with E-state index in [4.69, 9.17) is 44.1 Å². The molecule has 74 heavy (non-hydrogen) atoms. The van der Waals surface area contributed by atoms with Crippen LogP contribution in [-0.2, 0) is 52.9 Å². The summed E-state index contributed by atoms with van der Waals surface area (Å²) in [6.07, 6.45) is 5.23. The van der Waals surface area contributed by atoms with Gasteiger partial charge < -0.3 is 42.9 Å². The fourth-order valence-corrected chi connectivity index (χ4v) is 10.7. The molecular formula is C57H83N4O12P. The van der Waals surface area contributed by atoms with E-state index >= 15 is 0 Å². The average Bonchev–Trinajstić information content (AvgIpc) is 3.38. The molecule has 0 bridgehead atoms. The normalized spacial score (nSPS) is 18.2. The highest BCUT2D eigenvalue weighted by Gasteiger charge is 2.44. The molecule has 1 N–H and O–H groups in total. The van der Waals surface area contributed by atoms with E-state index in [1.807, 2.05) is 92.7 Å². The fraction of sp³-hybridized carbons (Fsp3) is 0.596. The average molecular weight is 1050 g/mol. The van der Waals surface area contributed by atoms with Crippen molar-refractivity contribution in [1.82, 2.24) is 15.1 Å². The molecule has 17 heteroatoms. The first-order chi connectivity index (χ1) is 35.6. The molecule has 1 aliphatic heterocycles. The molecule has 408 valence electrons. The zero-order valence-corrected chi connectivity index (χ0v) is 46.4. The highest BCUT2D eigenvalue weighted by Crippen LogP contribution is 2.46. The van der Waals surface area contributed by atoms with Crippen molar-refractivity contribution in [2.75, 3.05) is 53.7 Å². The predicted octanol–water partition coefficient (Wildman–Crippen LogP) is 10.6. The van der Waals surface area contributed by atoms with Crippen LogP contribution >= 0.6 is 8.53 Å². The maximum Gasteiger partial charge on any atom is 0.302 e. The number of rotatable bonds is 34. The Bertz CT molecular complexity index is 2120. The number of Topliss-reactive ketones (excluding diaryl/α,β-unsaturated/α-hetero) is 1. The van der Waals surface area contributed by atoms with E-state index in [-0.39, 0.29) is 99.0 Å². The number of unbranched alkanes of at least 4 members (excludes halogenated alkanes) is 5. The minimum absolute atomic E-state index is 0.0265. The number of nitrogens with zero attached hydrogens (tertiary/aromatic N) is 3. The van der Waals surface area contributed by atoms with Gasteiger partial charge in [-0.05, 0) is 106 Å². The molecule has 1 fully saturated rings. The summed E-state index contributed by atoms with van der Waals surface area (Å²) >= 11 is 0. The number of ketones is 1. The number of hydrogen-bond acceptors (Lipinski definition) is 13. The SMILES string of the molecule is [C-]#[N+]CCOP(OCCN(OC(c1ccccc1)(c1ccc(OC)cc1)c1ccc(OC)cc1)C(=O)CCCCCCC(=O)CCCCCOC1OC(COC(C)=O)C(C)C(C)C1NC(C)=O)N(C(C)C)C(C)C. The number of benzene rings is 3. The Hall–Kier alpha value is -4.98. The lowest BCUT2D eigenvalue weighted by Gasteiger charge is -2.44. The number of ether oxygens (including phenoxy) is 5. The van der Waals surface area contributed by atoms with Crippen molar-refractivity contribution in [3.05, 3.63) is 107 Å². The molecule has 0 aliphatic carbocycles. The first-order valence-electron chi connectivity index (χ1n) is 26.3. The van der Waals surface area contributed by atoms with Gasteiger partial charge in [-0.2, -0.15) is 0 Å². The molecule has 0 aromatic heterocycles. The summed E-state index contributed by atoms with van der Waals surface area (Å²) in [7, 11) is 1.66. The van der Waals surface area contributed by atoms with E-state index in [9.17, 15) is 19.2 Å². The summed E-state index contributed by atoms with van der Waals surface area (Å²) in [6.45, 7) is 23.6. The number of hydroxylamine groups is 2. The predicted molar refractivity (Wildman–Crippen MR) is 286 cm³/mol. The monoisotopic (exact) mass is 1050 g/mol. The fourth-order valence-electron chi connectivity index (χ4n) is 9.14. The Morgan fingerprint density at radius 1 is 0.716 bits per heavy atom. The molecule has 0 radical (unpaired) electrons. The van der Waals surface area contributed by atoms with Crippen molar-refractivity contribution < 1.29 is 56.7 Å². The van der Waals surface area contributed by atoms with Crippen LogP contribution in [0.1, 0.15) is 136 Å². The molecular weight excluding hydrogens is 964 g/mol. The maximum absolute atomic E-state index is 14.7. The molecule has 2 amide bonds. The molecule has 1 aliphatic rings. The van der Waals surface area contributed by atoms with E-state index in [1.54, 1.807) is 14.2 Å². The van der Waals surface area contributed by atoms with Gasteiger partial charge in [0, 0.05) is 51.8 Å². The van der Waals surface area contributed by atoms with Crippen molar-refractivity contribution in [1.29, 1.82) is 0 Å². The summed E-state index contributed by atoms with van der Waals surface area (Å²) < 4.78 is 43.6. The van der Waals surface area contributed by atoms with Crippen LogP contribution in [0.5, 0.6) is 11.5 Å². The maximum atomic E-state index is 14.7. The third-order valence-corrected chi connectivity index (χ3v) is 15.3. The lowest BCUT2D eigenvalue weighted by atomic mass is 9.80. The van der Waals surface area contributed by atoms with Crippen molar-refractivity contribution in [2.24, 2.45) is 11.8 Å². The van der Waals surface area contributed by atoms with Gasteiger partial charge in [-0.1, -0.05) is 87.7 Å². The van der Waals surface area contributed by atoms with Gasteiger partial charge in [0.25, 0.3) is 8.53 Å². The van der Waals surface area contributed by atoms with Gasteiger partial charge >= 0.3 is 5.97 Å². The van der Waals surface area contributed by atoms with Crippen LogP contribution in [0.4, 0.5) is 0 Å². The Labute approximate surface area is 442 Å². The lowest BCUT2D eigenvalue weighted by molar-refractivity contribution is -0.244. The minimum Gasteiger partial charge on any atom is -0.497 e. The van der Waals surface area contributed by atoms with Crippen LogP contribution in [0, 0.1) is 18.4 Å². The molecule has 6 unspecified atom stereocenters. The minimum atomic E-state index is -1.58. The quantitative estimate of drug-likeness (QED) is 0.0150. The van der Waals surface area contributed by atoms with Gasteiger partial charge in [0.05, 0.1) is 39.5 Å². The molecule has 0 spiro atoms. The Morgan fingerprint density at radius 3 is 1.78 bits per heavy atom. The highest BCUT2D eigenvalue weighted by atomic mass is 31.2. The van der Waals surface area contributed by atoms with Crippen LogP contribution in [-0.4, -0.2) is 118 Å². The molecule has 3 aromatic carbocycles. The van der Waals surface area contributed by atoms with Crippen molar-refractivity contribution >= 4 is 32.1 Å². The van der Waals surface area contributed by atoms with Crippen LogP contribution in [0.2, 0.25) is 0 Å². The van der Waals surface area contributed by atoms with Gasteiger partial charge in [-0.15, -0.1) is 0 Å². The number of hydrogen-bond donors (Lipinski definition) is 1. The molecule has 6 atom stereocenters. The van der Waals surface area contributed by atoms with Gasteiger partial charge in [0.2, 0.25) is 18.4 Å². The Morgan fingerprint density at radius 2 is 1.26 bits per heavy atom. The summed E-state index contributed by atoms with van der Waals surface area (Å²) in [4.78, 5) is 61.8. The second-order valence-electron chi connectivity index (χ2n) is 19.4. The second kappa shape index (κ2) is 32.5. The molecule has 1 heterocycles. The largest absolute Gasteiger partial charge is 0.497 e. The summed E-state index contributed by atoms with van der Waals surface area (Å²) in [5, 5.41) is 4.41. The van der Waals surface area contributed by atoms with E-state index in [2.05, 4.69) is 42.5 Å². The number of methoxy groups -OCH3 is 2. The number of esters is 1. The molecule has 0 saturated carbocycles. The first kappa shape index (κ1) is 61.6. The highest BCUT2D eigenvalue weighted by molar-refractivity contribution is 7.44. The smallest absolute Gasteiger partial charge is 0.302 e. The molecule has 3 aromatic rings. The Kier molecular flexibility index (Phi) is 27.0. The summed E-state index contributed by atoms with van der Waals surface area (Å²) in [6, 6.07) is 25.0. The van der Waals surface area contributed by atoms with E-state index < -0.39 is 20.4 Å². The number of carbonyl (C=O) groups excluding carboxylic acids is 4. The number of amides is 2. The van der Waals surface area contributed by atoms with Crippen LogP contribution < -0.4 is 14.8 Å². The Balaban J connectivity index is 1.41. The van der Waals surface area contributed by atoms with Crippen LogP contribution in [0.25, 0.3) is 4.85 Å². The van der Waals surface area contributed by atoms with Gasteiger partial charge in [0.15, 0.2) is 11.9 Å². The number of carbonyl (C=O) groups is 4. The lowest BCUT2D eigenvalue weighted by Crippen LogP contribution is -2.58. The van der Waals surface area contributed by atoms with Gasteiger partial charge in [0.1, 0.15) is 30.5 Å². The third-order valence-electron chi connectivity index (χ3n) is 13.2. The summed E-state index contributed by atoms with van der Waals surface area (Å²) in [5.41, 5.74) is 1.02. The van der Waals surface area contributed by atoms with Crippen molar-refractivity contribution in [2.45, 2.75) is 156 Å². The van der Waals surface area contributed by atoms with Crippen molar-refractivity contribution in [3.63, 3.8) is 0 Å². The standard InChI is InChI=1S/C57H83N4O12P/c1-41(2)61(42(3)4)74(70-38-35-58-9)71-39-36-60(73-57(47-22-16-14-17-23-47,48-27-31-51(66-10)32-28-48)49-29-33-52(67-11)34-30-49)54(65)26-20-13-12-18-24-50(64)25-19-15-21-37-68-56-55(59-45(7)62)44(6)43(5)53(72-56)40-69-46(8)63/h14,16-17,22-23,27-34,41-44,53,55-56H,12-13,15,18-21,24-26,35-40H2,1-8,10-11H3,(H,59,62). The second-order valence-corrected chi connectivity index (χ2v) is 20.8. The van der Waals surface area contributed by atoms with Gasteiger partial charge in [-0.3, -0.25) is 19.2 Å². The molecule has 1 saturated heterocycles. The van der Waals surface area contributed by atoms with E-state index in [1.165, 1.54) is 18.9 Å². The molecule has 4 rings (SSSR count). The first-order valence-corrected chi connectivity index (χ1v) is 27.4. The van der Waals surface area contributed by atoms with Gasteiger partial charge in [-0.25, -0.2) is 21.1 Å². The summed E-state index contributed by atoms with van der Waals surface area (Å²) in [5.74, 6) is 0.837. The van der Waals surface area contributed by atoms with Crippen LogP contribution in [0.15, 0.2) is 78.9 Å². The zero-order chi connectivity index (χ0) is 54.0. The van der Waals surface area contributed by atoms with E-state index in [0.717, 1.165) is 55.2 Å². The molecule has 16 nitrogen and oxygen atoms in total. The van der Waals surface area contributed by atoms with Crippen molar-refractivity contribution in [3.8, 4) is 11.5 Å². The zero-order valence-electron chi connectivity index (χ0n) is 45.5. The third kappa shape index (κ3) is 19.0. The van der Waals surface area contributed by atoms with E-state index in [0.29, 0.717) is 37.4 Å².